The maximum atomic E-state index is 11.0. The summed E-state index contributed by atoms with van der Waals surface area (Å²) >= 11 is 6.13. The van der Waals surface area contributed by atoms with Gasteiger partial charge < -0.3 is 9.90 Å². The Morgan fingerprint density at radius 3 is 2.73 bits per heavy atom. The predicted octanol–water partition coefficient (Wildman–Crippen LogP) is 3.35. The lowest BCUT2D eigenvalue weighted by Gasteiger charge is -2.12. The van der Waals surface area contributed by atoms with Crippen molar-refractivity contribution in [2.75, 3.05) is 0 Å². The van der Waals surface area contributed by atoms with Gasteiger partial charge in [-0.25, -0.2) is 9.97 Å². The molecule has 2 heterocycles. The van der Waals surface area contributed by atoms with Gasteiger partial charge in [-0.05, 0) is 24.6 Å². The summed E-state index contributed by atoms with van der Waals surface area (Å²) in [6.45, 7) is 1.60. The molecule has 3 rings (SSSR count). The number of thioether (sulfide) groups is 1. The van der Waals surface area contributed by atoms with Gasteiger partial charge in [0, 0.05) is 20.7 Å². The van der Waals surface area contributed by atoms with E-state index in [1.165, 1.54) is 29.4 Å². The number of thiophene rings is 1. The first kappa shape index (κ1) is 15.5. The van der Waals surface area contributed by atoms with Crippen LogP contribution in [0.25, 0.3) is 21.3 Å². The molecule has 4 nitrogen and oxygen atoms in total. The minimum Gasteiger partial charge on any atom is -0.549 e. The van der Waals surface area contributed by atoms with E-state index < -0.39 is 11.2 Å². The van der Waals surface area contributed by atoms with Gasteiger partial charge in [-0.15, -0.1) is 11.3 Å². The molecule has 0 spiro atoms. The van der Waals surface area contributed by atoms with Gasteiger partial charge in [0.1, 0.15) is 16.2 Å². The molecule has 0 N–H and O–H groups in total. The lowest BCUT2D eigenvalue weighted by atomic mass is 10.1. The Bertz CT molecular complexity index is 833. The maximum Gasteiger partial charge on any atom is 0.128 e. The predicted molar refractivity (Wildman–Crippen MR) is 90.9 cm³/mol. The molecule has 0 unspecified atom stereocenters. The Balaban J connectivity index is 2.12. The van der Waals surface area contributed by atoms with Crippen LogP contribution in [0.5, 0.6) is 0 Å². The van der Waals surface area contributed by atoms with Crippen molar-refractivity contribution >= 4 is 55.2 Å². The SMILES string of the molecule is C[C@@H](Sc1ncnc2scc(-c3ccc(Br)cc3)c12)C(=O)[O-]. The van der Waals surface area contributed by atoms with Gasteiger partial charge >= 0.3 is 0 Å². The summed E-state index contributed by atoms with van der Waals surface area (Å²) in [5.74, 6) is -1.10. The molecule has 7 heteroatoms. The van der Waals surface area contributed by atoms with Crippen LogP contribution in [0.4, 0.5) is 0 Å². The van der Waals surface area contributed by atoms with Crippen LogP contribution < -0.4 is 5.11 Å². The highest BCUT2D eigenvalue weighted by Gasteiger charge is 2.16. The summed E-state index contributed by atoms with van der Waals surface area (Å²) < 4.78 is 1.01. The van der Waals surface area contributed by atoms with Gasteiger partial charge in [-0.1, -0.05) is 39.8 Å². The van der Waals surface area contributed by atoms with Crippen LogP contribution in [0, 0.1) is 0 Å². The zero-order valence-corrected chi connectivity index (χ0v) is 14.7. The summed E-state index contributed by atoms with van der Waals surface area (Å²) in [5, 5.41) is 13.9. The van der Waals surface area contributed by atoms with Crippen LogP contribution in [-0.4, -0.2) is 21.2 Å². The van der Waals surface area contributed by atoms with Crippen molar-refractivity contribution in [1.82, 2.24) is 9.97 Å². The third-order valence-electron chi connectivity index (χ3n) is 3.11. The highest BCUT2D eigenvalue weighted by Crippen LogP contribution is 2.39. The molecular formula is C15H10BrN2O2S2-. The molecule has 1 atom stereocenters. The second kappa shape index (κ2) is 6.36. The Labute approximate surface area is 143 Å². The largest absolute Gasteiger partial charge is 0.549 e. The van der Waals surface area contributed by atoms with Gasteiger partial charge in [-0.2, -0.15) is 0 Å². The highest BCUT2D eigenvalue weighted by molar-refractivity contribution is 9.10. The standard InChI is InChI=1S/C15H11BrN2O2S2/c1-8(15(19)20)22-14-12-11(6-21-13(12)17-7-18-14)9-2-4-10(16)5-3-9/h2-8H,1H3,(H,19,20)/p-1/t8-/m1/s1. The molecule has 0 saturated carbocycles. The Morgan fingerprint density at radius 2 is 2.05 bits per heavy atom. The average Bonchev–Trinajstić information content (AvgIpc) is 2.93. The van der Waals surface area contributed by atoms with E-state index in [1.807, 2.05) is 29.6 Å². The molecule has 0 bridgehead atoms. The number of carbonyl (C=O) groups excluding carboxylic acids is 1. The van der Waals surface area contributed by atoms with Crippen LogP contribution in [0.1, 0.15) is 6.92 Å². The van der Waals surface area contributed by atoms with Crippen molar-refractivity contribution in [3.05, 3.63) is 40.4 Å². The molecule has 0 saturated heterocycles. The fraction of sp³-hybridized carbons (Fsp3) is 0.133. The number of hydrogen-bond acceptors (Lipinski definition) is 6. The van der Waals surface area contributed by atoms with Gasteiger partial charge in [-0.3, -0.25) is 0 Å². The molecule has 112 valence electrons. The van der Waals surface area contributed by atoms with Gasteiger partial charge in [0.05, 0.1) is 11.4 Å². The molecule has 0 aliphatic heterocycles. The summed E-state index contributed by atoms with van der Waals surface area (Å²) in [6, 6.07) is 7.96. The molecule has 22 heavy (non-hydrogen) atoms. The van der Waals surface area contributed by atoms with Gasteiger partial charge in [0.2, 0.25) is 0 Å². The first-order valence-corrected chi connectivity index (χ1v) is 8.97. The number of benzene rings is 1. The smallest absolute Gasteiger partial charge is 0.128 e. The number of hydrogen-bond donors (Lipinski definition) is 0. The second-order valence-electron chi connectivity index (χ2n) is 4.59. The first-order chi connectivity index (χ1) is 10.6. The van der Waals surface area contributed by atoms with Crippen molar-refractivity contribution in [2.24, 2.45) is 0 Å². The minimum absolute atomic E-state index is 0.667. The maximum absolute atomic E-state index is 11.0. The summed E-state index contributed by atoms with van der Waals surface area (Å²) in [7, 11) is 0. The molecule has 1 aromatic carbocycles. The van der Waals surface area contributed by atoms with Crippen LogP contribution in [0.3, 0.4) is 0 Å². The summed E-state index contributed by atoms with van der Waals surface area (Å²) in [6.07, 6.45) is 1.47. The van der Waals surface area contributed by atoms with Crippen molar-refractivity contribution in [2.45, 2.75) is 17.2 Å². The van der Waals surface area contributed by atoms with Crippen molar-refractivity contribution < 1.29 is 9.90 Å². The van der Waals surface area contributed by atoms with Gasteiger partial charge in [0.15, 0.2) is 0 Å². The molecule has 0 radical (unpaired) electrons. The van der Waals surface area contributed by atoms with E-state index in [0.717, 1.165) is 25.8 Å². The molecule has 3 aromatic rings. The Hall–Kier alpha value is -1.44. The lowest BCUT2D eigenvalue weighted by Crippen LogP contribution is -2.31. The molecule has 0 amide bonds. The van der Waals surface area contributed by atoms with Crippen molar-refractivity contribution in [1.29, 1.82) is 0 Å². The average molecular weight is 394 g/mol. The number of fused-ring (bicyclic) bond motifs is 1. The minimum atomic E-state index is -1.10. The number of carbonyl (C=O) groups is 1. The quantitative estimate of drug-likeness (QED) is 0.502. The number of halogens is 1. The first-order valence-electron chi connectivity index (χ1n) is 6.42. The number of aliphatic carboxylic acids is 1. The summed E-state index contributed by atoms with van der Waals surface area (Å²) in [5.41, 5.74) is 2.06. The van der Waals surface area contributed by atoms with Gasteiger partial charge in [0.25, 0.3) is 0 Å². The topological polar surface area (TPSA) is 65.9 Å². The van der Waals surface area contributed by atoms with E-state index >= 15 is 0 Å². The number of aromatic nitrogens is 2. The van der Waals surface area contributed by atoms with E-state index in [0.29, 0.717) is 5.03 Å². The highest BCUT2D eigenvalue weighted by atomic mass is 79.9. The second-order valence-corrected chi connectivity index (χ2v) is 7.70. The van der Waals surface area contributed by atoms with Crippen molar-refractivity contribution in [3.8, 4) is 11.1 Å². The monoisotopic (exact) mass is 393 g/mol. The fourth-order valence-corrected chi connectivity index (χ4v) is 4.10. The van der Waals surface area contributed by atoms with Crippen molar-refractivity contribution in [3.63, 3.8) is 0 Å². The Morgan fingerprint density at radius 1 is 1.32 bits per heavy atom. The number of nitrogens with zero attached hydrogens (tertiary/aromatic N) is 2. The van der Waals surface area contributed by atoms with Crippen LogP contribution in [0.2, 0.25) is 0 Å². The molecule has 0 aliphatic rings. The zero-order chi connectivity index (χ0) is 15.7. The zero-order valence-electron chi connectivity index (χ0n) is 11.4. The molecular weight excluding hydrogens is 384 g/mol. The number of carboxylic acids is 1. The van der Waals surface area contributed by atoms with Crippen LogP contribution in [0.15, 0.2) is 45.5 Å². The normalized spacial score (nSPS) is 12.5. The van der Waals surface area contributed by atoms with E-state index in [1.54, 1.807) is 6.92 Å². The van der Waals surface area contributed by atoms with Crippen LogP contribution in [-0.2, 0) is 4.79 Å². The third-order valence-corrected chi connectivity index (χ3v) is 5.60. The Kier molecular flexibility index (Phi) is 4.46. The van der Waals surface area contributed by atoms with E-state index in [9.17, 15) is 9.90 Å². The van der Waals surface area contributed by atoms with E-state index in [2.05, 4.69) is 25.9 Å². The van der Waals surface area contributed by atoms with Crippen LogP contribution >= 0.6 is 39.0 Å². The molecule has 2 aromatic heterocycles. The molecule has 0 aliphatic carbocycles. The number of rotatable bonds is 4. The van der Waals surface area contributed by atoms with E-state index in [4.69, 9.17) is 0 Å². The number of carboxylic acid groups (broad SMARTS) is 1. The molecule has 0 fully saturated rings. The third kappa shape index (κ3) is 3.02. The van der Waals surface area contributed by atoms with E-state index in [-0.39, 0.29) is 0 Å². The fourth-order valence-electron chi connectivity index (χ4n) is 1.99. The lowest BCUT2D eigenvalue weighted by molar-refractivity contribution is -0.304. The summed E-state index contributed by atoms with van der Waals surface area (Å²) in [4.78, 5) is 20.4.